The van der Waals surface area contributed by atoms with Gasteiger partial charge < -0.3 is 4.74 Å². The quantitative estimate of drug-likeness (QED) is 0.737. The van der Waals surface area contributed by atoms with E-state index in [-0.39, 0.29) is 11.6 Å². The molecule has 0 saturated heterocycles. The predicted octanol–water partition coefficient (Wildman–Crippen LogP) is 2.35. The van der Waals surface area contributed by atoms with E-state index in [1.807, 2.05) is 12.3 Å². The van der Waals surface area contributed by atoms with Gasteiger partial charge in [0.1, 0.15) is 11.6 Å². The lowest BCUT2D eigenvalue weighted by molar-refractivity contribution is 0.0572. The summed E-state index contributed by atoms with van der Waals surface area (Å²) >= 11 is 0. The SMILES string of the molecule is CC1(C2CC2)OC=NC1c1cccnc1. The zero-order valence-electron chi connectivity index (χ0n) is 8.76. The van der Waals surface area contributed by atoms with Gasteiger partial charge in [-0.3, -0.25) is 4.98 Å². The molecule has 2 unspecified atom stereocenters. The molecule has 1 aliphatic heterocycles. The maximum absolute atomic E-state index is 5.71. The Morgan fingerprint density at radius 3 is 3.00 bits per heavy atom. The molecule has 1 saturated carbocycles. The summed E-state index contributed by atoms with van der Waals surface area (Å²) in [6.45, 7) is 2.16. The van der Waals surface area contributed by atoms with Crippen molar-refractivity contribution in [2.24, 2.45) is 10.9 Å². The van der Waals surface area contributed by atoms with E-state index >= 15 is 0 Å². The van der Waals surface area contributed by atoms with Gasteiger partial charge in [0.15, 0.2) is 6.40 Å². The highest BCUT2D eigenvalue weighted by molar-refractivity contribution is 5.53. The van der Waals surface area contributed by atoms with Crippen molar-refractivity contribution >= 4 is 6.40 Å². The molecule has 0 bridgehead atoms. The minimum Gasteiger partial charge on any atom is -0.475 e. The molecule has 3 rings (SSSR count). The van der Waals surface area contributed by atoms with Crippen LogP contribution in [0.25, 0.3) is 0 Å². The highest BCUT2D eigenvalue weighted by Gasteiger charge is 2.51. The van der Waals surface area contributed by atoms with Gasteiger partial charge in [0.05, 0.1) is 0 Å². The molecule has 2 aliphatic rings. The zero-order chi connectivity index (χ0) is 10.3. The van der Waals surface area contributed by atoms with E-state index in [0.29, 0.717) is 5.92 Å². The Kier molecular flexibility index (Phi) is 1.81. The van der Waals surface area contributed by atoms with Gasteiger partial charge >= 0.3 is 0 Å². The maximum Gasteiger partial charge on any atom is 0.171 e. The van der Waals surface area contributed by atoms with Gasteiger partial charge in [-0.25, -0.2) is 4.99 Å². The number of ether oxygens (including phenoxy) is 1. The number of aromatic nitrogens is 1. The Balaban J connectivity index is 1.94. The highest BCUT2D eigenvalue weighted by Crippen LogP contribution is 2.51. The van der Waals surface area contributed by atoms with E-state index in [1.165, 1.54) is 12.8 Å². The first kappa shape index (κ1) is 8.89. The monoisotopic (exact) mass is 202 g/mol. The van der Waals surface area contributed by atoms with Crippen LogP contribution in [0.15, 0.2) is 29.5 Å². The van der Waals surface area contributed by atoms with E-state index in [0.717, 1.165) is 5.56 Å². The number of pyridine rings is 1. The fraction of sp³-hybridized carbons (Fsp3) is 0.500. The van der Waals surface area contributed by atoms with Crippen LogP contribution in [0.1, 0.15) is 31.4 Å². The smallest absolute Gasteiger partial charge is 0.171 e. The summed E-state index contributed by atoms with van der Waals surface area (Å²) in [5.74, 6) is 0.658. The summed E-state index contributed by atoms with van der Waals surface area (Å²) in [7, 11) is 0. The Hall–Kier alpha value is -1.38. The second-order valence-corrected chi connectivity index (χ2v) is 4.52. The molecule has 1 aliphatic carbocycles. The molecule has 3 nitrogen and oxygen atoms in total. The van der Waals surface area contributed by atoms with E-state index in [2.05, 4.69) is 23.0 Å². The van der Waals surface area contributed by atoms with Crippen molar-refractivity contribution in [3.8, 4) is 0 Å². The highest BCUT2D eigenvalue weighted by atomic mass is 16.5. The van der Waals surface area contributed by atoms with Crippen molar-refractivity contribution in [1.82, 2.24) is 4.98 Å². The van der Waals surface area contributed by atoms with Crippen LogP contribution in [0.3, 0.4) is 0 Å². The second kappa shape index (κ2) is 3.05. The first-order valence-corrected chi connectivity index (χ1v) is 5.40. The van der Waals surface area contributed by atoms with Crippen LogP contribution in [0.4, 0.5) is 0 Å². The molecule has 0 spiro atoms. The van der Waals surface area contributed by atoms with Crippen molar-refractivity contribution in [3.05, 3.63) is 30.1 Å². The fourth-order valence-corrected chi connectivity index (χ4v) is 2.35. The third-order valence-electron chi connectivity index (χ3n) is 3.45. The summed E-state index contributed by atoms with van der Waals surface area (Å²) in [4.78, 5) is 8.58. The lowest BCUT2D eigenvalue weighted by Gasteiger charge is -2.29. The Bertz CT molecular complexity index is 386. The molecule has 15 heavy (non-hydrogen) atoms. The van der Waals surface area contributed by atoms with Crippen molar-refractivity contribution in [3.63, 3.8) is 0 Å². The minimum atomic E-state index is -0.136. The second-order valence-electron chi connectivity index (χ2n) is 4.52. The number of rotatable bonds is 2. The molecule has 0 amide bonds. The van der Waals surface area contributed by atoms with Crippen LogP contribution in [-0.4, -0.2) is 17.0 Å². The topological polar surface area (TPSA) is 34.5 Å². The molecule has 0 N–H and O–H groups in total. The first-order valence-electron chi connectivity index (χ1n) is 5.40. The molecule has 1 aromatic rings. The van der Waals surface area contributed by atoms with E-state index in [1.54, 1.807) is 12.6 Å². The molecule has 3 heteroatoms. The van der Waals surface area contributed by atoms with Crippen molar-refractivity contribution in [1.29, 1.82) is 0 Å². The Morgan fingerprint density at radius 2 is 2.33 bits per heavy atom. The standard InChI is InChI=1S/C12H14N2O/c1-12(10-4-5-10)11(14-8-15-12)9-3-2-6-13-7-9/h2-3,6-8,10-11H,4-5H2,1H3. The maximum atomic E-state index is 5.71. The van der Waals surface area contributed by atoms with Crippen LogP contribution < -0.4 is 0 Å². The van der Waals surface area contributed by atoms with Gasteiger partial charge in [-0.05, 0) is 31.4 Å². The van der Waals surface area contributed by atoms with E-state index < -0.39 is 0 Å². The van der Waals surface area contributed by atoms with Gasteiger partial charge in [0.2, 0.25) is 0 Å². The van der Waals surface area contributed by atoms with E-state index in [4.69, 9.17) is 4.74 Å². The summed E-state index contributed by atoms with van der Waals surface area (Å²) in [5, 5.41) is 0. The summed E-state index contributed by atoms with van der Waals surface area (Å²) in [6.07, 6.45) is 7.80. The number of nitrogens with zero attached hydrogens (tertiary/aromatic N) is 2. The summed E-state index contributed by atoms with van der Waals surface area (Å²) in [6, 6.07) is 4.15. The number of hydrogen-bond donors (Lipinski definition) is 0. The van der Waals surface area contributed by atoms with Crippen LogP contribution in [0.5, 0.6) is 0 Å². The van der Waals surface area contributed by atoms with Crippen molar-refractivity contribution < 1.29 is 4.74 Å². The first-order chi connectivity index (χ1) is 7.31. The Labute approximate surface area is 89.2 Å². The molecular formula is C12H14N2O. The van der Waals surface area contributed by atoms with E-state index in [9.17, 15) is 0 Å². The van der Waals surface area contributed by atoms with Crippen LogP contribution in [0, 0.1) is 5.92 Å². The summed E-state index contributed by atoms with van der Waals surface area (Å²) < 4.78 is 5.71. The van der Waals surface area contributed by atoms with Gasteiger partial charge in [0.25, 0.3) is 0 Å². The normalized spacial score (nSPS) is 34.1. The van der Waals surface area contributed by atoms with Crippen molar-refractivity contribution in [2.75, 3.05) is 0 Å². The molecule has 1 aromatic heterocycles. The lowest BCUT2D eigenvalue weighted by Crippen LogP contribution is -2.33. The van der Waals surface area contributed by atoms with Crippen LogP contribution in [0.2, 0.25) is 0 Å². The van der Waals surface area contributed by atoms with Gasteiger partial charge in [-0.2, -0.15) is 0 Å². The molecular weight excluding hydrogens is 188 g/mol. The minimum absolute atomic E-state index is 0.124. The average Bonchev–Trinajstić information content (AvgIpc) is 3.05. The number of aliphatic imine (C=N–C) groups is 1. The van der Waals surface area contributed by atoms with Gasteiger partial charge in [0, 0.05) is 18.3 Å². The molecule has 78 valence electrons. The molecule has 2 heterocycles. The number of hydrogen-bond acceptors (Lipinski definition) is 3. The van der Waals surface area contributed by atoms with Gasteiger partial charge in [-0.15, -0.1) is 0 Å². The fourth-order valence-electron chi connectivity index (χ4n) is 2.35. The molecule has 2 atom stereocenters. The van der Waals surface area contributed by atoms with Crippen molar-refractivity contribution in [2.45, 2.75) is 31.4 Å². The van der Waals surface area contributed by atoms with Crippen LogP contribution in [-0.2, 0) is 4.74 Å². The molecule has 1 fully saturated rings. The average molecular weight is 202 g/mol. The van der Waals surface area contributed by atoms with Crippen LogP contribution >= 0.6 is 0 Å². The third-order valence-corrected chi connectivity index (χ3v) is 3.45. The lowest BCUT2D eigenvalue weighted by atomic mass is 9.87. The summed E-state index contributed by atoms with van der Waals surface area (Å²) in [5.41, 5.74) is 1.02. The third kappa shape index (κ3) is 1.34. The zero-order valence-corrected chi connectivity index (χ0v) is 8.76. The largest absolute Gasteiger partial charge is 0.475 e. The molecule has 0 aromatic carbocycles. The molecule has 0 radical (unpaired) electrons. The Morgan fingerprint density at radius 1 is 1.47 bits per heavy atom. The van der Waals surface area contributed by atoms with Gasteiger partial charge in [-0.1, -0.05) is 6.07 Å². The predicted molar refractivity (Wildman–Crippen MR) is 57.7 cm³/mol.